The molecule has 0 bridgehead atoms. The van der Waals surface area contributed by atoms with Gasteiger partial charge in [-0.25, -0.2) is 0 Å². The van der Waals surface area contributed by atoms with Crippen LogP contribution in [0.25, 0.3) is 17.2 Å². The van der Waals surface area contributed by atoms with Gasteiger partial charge in [0.1, 0.15) is 0 Å². The van der Waals surface area contributed by atoms with E-state index in [0.29, 0.717) is 36.5 Å². The van der Waals surface area contributed by atoms with Crippen LogP contribution in [0.4, 0.5) is 5.69 Å². The minimum absolute atomic E-state index is 0.0238. The lowest BCUT2D eigenvalue weighted by atomic mass is 9.81. The minimum atomic E-state index is -0.666. The Morgan fingerprint density at radius 2 is 1.97 bits per heavy atom. The number of likely N-dealkylation sites (tertiary alicyclic amines) is 1. The number of hydrogen-bond acceptors (Lipinski definition) is 4. The van der Waals surface area contributed by atoms with E-state index >= 15 is 0 Å². The average molecular weight is 412 g/mol. The molecule has 1 aromatic carbocycles. The van der Waals surface area contributed by atoms with Crippen LogP contribution in [-0.2, 0) is 17.3 Å². The Bertz CT molecular complexity index is 1370. The van der Waals surface area contributed by atoms with Crippen LogP contribution in [0.3, 0.4) is 0 Å². The standard InChI is InChI=1S/C23H20N6O2/c1-27-11-4-7-18(27)20-26-25-19-9-8-15(13-29(19)20)21(30)28-12-10-23(14-28)16-5-2-3-6-17(16)24-22(23)31/h2-9,11,13H,10,12,14H2,1H3,(H,24,31). The maximum absolute atomic E-state index is 13.4. The number of anilines is 1. The molecule has 5 heterocycles. The van der Waals surface area contributed by atoms with E-state index in [4.69, 9.17) is 0 Å². The summed E-state index contributed by atoms with van der Waals surface area (Å²) < 4.78 is 3.80. The number of aryl methyl sites for hydroxylation is 1. The molecule has 4 aromatic rings. The molecule has 1 N–H and O–H groups in total. The van der Waals surface area contributed by atoms with E-state index in [1.165, 1.54) is 0 Å². The zero-order valence-electron chi connectivity index (χ0n) is 16.9. The van der Waals surface area contributed by atoms with Gasteiger partial charge in [-0.1, -0.05) is 18.2 Å². The van der Waals surface area contributed by atoms with E-state index < -0.39 is 5.41 Å². The van der Waals surface area contributed by atoms with Gasteiger partial charge in [-0.2, -0.15) is 0 Å². The number of benzene rings is 1. The monoisotopic (exact) mass is 412 g/mol. The highest BCUT2D eigenvalue weighted by Gasteiger charge is 2.52. The molecular formula is C23H20N6O2. The molecule has 0 radical (unpaired) electrons. The smallest absolute Gasteiger partial charge is 0.255 e. The molecule has 8 heteroatoms. The predicted octanol–water partition coefficient (Wildman–Crippen LogP) is 2.47. The van der Waals surface area contributed by atoms with Crippen LogP contribution >= 0.6 is 0 Å². The molecule has 1 fully saturated rings. The molecule has 1 atom stereocenters. The summed E-state index contributed by atoms with van der Waals surface area (Å²) in [6, 6.07) is 15.2. The summed E-state index contributed by atoms with van der Waals surface area (Å²) in [5, 5.41) is 11.5. The summed E-state index contributed by atoms with van der Waals surface area (Å²) in [4.78, 5) is 28.0. The van der Waals surface area contributed by atoms with Crippen molar-refractivity contribution in [3.63, 3.8) is 0 Å². The first-order valence-corrected chi connectivity index (χ1v) is 10.2. The number of rotatable bonds is 2. The number of nitrogens with one attached hydrogen (secondary N) is 1. The van der Waals surface area contributed by atoms with Crippen LogP contribution in [0.5, 0.6) is 0 Å². The maximum Gasteiger partial charge on any atom is 0.255 e. The molecular weight excluding hydrogens is 392 g/mol. The highest BCUT2D eigenvalue weighted by Crippen LogP contribution is 2.44. The molecule has 1 spiro atoms. The third-order valence-corrected chi connectivity index (χ3v) is 6.50. The number of carbonyl (C=O) groups excluding carboxylic acids is 2. The van der Waals surface area contributed by atoms with Crippen molar-refractivity contribution in [2.75, 3.05) is 18.4 Å². The van der Waals surface area contributed by atoms with E-state index in [1.807, 2.05) is 58.6 Å². The summed E-state index contributed by atoms with van der Waals surface area (Å²) >= 11 is 0. The summed E-state index contributed by atoms with van der Waals surface area (Å²) in [5.41, 5.74) is 3.30. The molecule has 154 valence electrons. The Kier molecular flexibility index (Phi) is 3.62. The fourth-order valence-electron chi connectivity index (χ4n) is 4.83. The Balaban J connectivity index is 1.34. The molecule has 1 unspecified atom stereocenters. The Labute approximate surface area is 178 Å². The zero-order valence-corrected chi connectivity index (χ0v) is 16.9. The second-order valence-electron chi connectivity index (χ2n) is 8.23. The van der Waals surface area contributed by atoms with Crippen molar-refractivity contribution < 1.29 is 9.59 Å². The Morgan fingerprint density at radius 3 is 2.81 bits per heavy atom. The largest absolute Gasteiger partial charge is 0.348 e. The van der Waals surface area contributed by atoms with Gasteiger partial charge in [0, 0.05) is 38.2 Å². The fraction of sp³-hybridized carbons (Fsp3) is 0.217. The highest BCUT2D eigenvalue weighted by atomic mass is 16.2. The molecule has 31 heavy (non-hydrogen) atoms. The quantitative estimate of drug-likeness (QED) is 0.548. The van der Waals surface area contributed by atoms with Crippen LogP contribution in [-0.4, -0.2) is 49.0 Å². The number of carbonyl (C=O) groups is 2. The lowest BCUT2D eigenvalue weighted by molar-refractivity contribution is -0.120. The van der Waals surface area contributed by atoms with Gasteiger partial charge >= 0.3 is 0 Å². The molecule has 6 rings (SSSR count). The van der Waals surface area contributed by atoms with Gasteiger partial charge in [0.25, 0.3) is 5.91 Å². The lowest BCUT2D eigenvalue weighted by Gasteiger charge is -2.22. The summed E-state index contributed by atoms with van der Waals surface area (Å²) in [5.74, 6) is 0.561. The van der Waals surface area contributed by atoms with Gasteiger partial charge in [0.15, 0.2) is 11.5 Å². The van der Waals surface area contributed by atoms with E-state index in [0.717, 1.165) is 16.9 Å². The molecule has 0 saturated carbocycles. The second kappa shape index (κ2) is 6.28. The van der Waals surface area contributed by atoms with Gasteiger partial charge in [0.05, 0.1) is 16.7 Å². The van der Waals surface area contributed by atoms with Gasteiger partial charge < -0.3 is 14.8 Å². The third kappa shape index (κ3) is 2.48. The molecule has 3 aromatic heterocycles. The average Bonchev–Trinajstić information content (AvgIpc) is 3.55. The van der Waals surface area contributed by atoms with Crippen LogP contribution in [0.15, 0.2) is 60.9 Å². The normalized spacial score (nSPS) is 19.9. The van der Waals surface area contributed by atoms with E-state index in [2.05, 4.69) is 15.5 Å². The summed E-state index contributed by atoms with van der Waals surface area (Å²) in [7, 11) is 1.94. The number of nitrogens with zero attached hydrogens (tertiary/aromatic N) is 5. The molecule has 8 nitrogen and oxygen atoms in total. The molecule has 0 aliphatic carbocycles. The first-order chi connectivity index (χ1) is 15.1. The molecule has 2 aliphatic heterocycles. The SMILES string of the molecule is Cn1cccc1-c1nnc2ccc(C(=O)N3CCC4(C3)C(=O)Nc3ccccc34)cn12. The van der Waals surface area contributed by atoms with Gasteiger partial charge in [0.2, 0.25) is 5.91 Å². The van der Waals surface area contributed by atoms with Crippen molar-refractivity contribution in [1.82, 2.24) is 24.1 Å². The number of amides is 2. The number of aromatic nitrogens is 4. The van der Waals surface area contributed by atoms with E-state index in [1.54, 1.807) is 23.2 Å². The van der Waals surface area contributed by atoms with Crippen LogP contribution in [0.1, 0.15) is 22.3 Å². The fourth-order valence-corrected chi connectivity index (χ4v) is 4.83. The van der Waals surface area contributed by atoms with Crippen LogP contribution in [0, 0.1) is 0 Å². The topological polar surface area (TPSA) is 84.5 Å². The highest BCUT2D eigenvalue weighted by molar-refractivity contribution is 6.07. The molecule has 2 amide bonds. The Morgan fingerprint density at radius 1 is 1.10 bits per heavy atom. The van der Waals surface area contributed by atoms with E-state index in [9.17, 15) is 9.59 Å². The number of para-hydroxylation sites is 1. The van der Waals surface area contributed by atoms with Crippen molar-refractivity contribution in [3.05, 3.63) is 72.1 Å². The number of hydrogen-bond donors (Lipinski definition) is 1. The third-order valence-electron chi connectivity index (χ3n) is 6.50. The van der Waals surface area contributed by atoms with Crippen molar-refractivity contribution >= 4 is 23.1 Å². The Hall–Kier alpha value is -3.94. The zero-order chi connectivity index (χ0) is 21.2. The first kappa shape index (κ1) is 17.9. The molecule has 1 saturated heterocycles. The van der Waals surface area contributed by atoms with Crippen LogP contribution < -0.4 is 5.32 Å². The van der Waals surface area contributed by atoms with Crippen molar-refractivity contribution in [2.24, 2.45) is 7.05 Å². The predicted molar refractivity (Wildman–Crippen MR) is 115 cm³/mol. The first-order valence-electron chi connectivity index (χ1n) is 10.2. The van der Waals surface area contributed by atoms with Gasteiger partial charge in [-0.3, -0.25) is 14.0 Å². The summed E-state index contributed by atoms with van der Waals surface area (Å²) in [6.45, 7) is 0.908. The number of pyridine rings is 1. The van der Waals surface area contributed by atoms with Crippen molar-refractivity contribution in [3.8, 4) is 11.5 Å². The number of fused-ring (bicyclic) bond motifs is 3. The van der Waals surface area contributed by atoms with Crippen molar-refractivity contribution in [2.45, 2.75) is 11.8 Å². The molecule has 2 aliphatic rings. The van der Waals surface area contributed by atoms with E-state index in [-0.39, 0.29) is 11.8 Å². The summed E-state index contributed by atoms with van der Waals surface area (Å²) in [6.07, 6.45) is 4.35. The minimum Gasteiger partial charge on any atom is -0.348 e. The van der Waals surface area contributed by atoms with Gasteiger partial charge in [-0.15, -0.1) is 10.2 Å². The van der Waals surface area contributed by atoms with Crippen molar-refractivity contribution in [1.29, 1.82) is 0 Å². The second-order valence-corrected chi connectivity index (χ2v) is 8.23. The maximum atomic E-state index is 13.4. The van der Waals surface area contributed by atoms with Gasteiger partial charge in [-0.05, 0) is 42.3 Å². The lowest BCUT2D eigenvalue weighted by Crippen LogP contribution is -2.39. The van der Waals surface area contributed by atoms with Crippen LogP contribution in [0.2, 0.25) is 0 Å².